The van der Waals surface area contributed by atoms with Crippen LogP contribution in [0.15, 0.2) is 38.3 Å². The summed E-state index contributed by atoms with van der Waals surface area (Å²) >= 11 is 0. The van der Waals surface area contributed by atoms with Crippen LogP contribution < -0.4 is 16.8 Å². The highest BCUT2D eigenvalue weighted by atomic mass is 31.2. The van der Waals surface area contributed by atoms with Crippen molar-refractivity contribution in [1.82, 2.24) is 29.1 Å². The first kappa shape index (κ1) is 27.0. The Hall–Kier alpha value is -3.63. The van der Waals surface area contributed by atoms with E-state index in [2.05, 4.69) is 30.0 Å². The molecule has 0 aliphatic carbocycles. The number of aromatic amines is 2. The number of hydrogen-bond acceptors (Lipinski definition) is 11. The molecule has 5 rings (SSSR count). The zero-order valence-electron chi connectivity index (χ0n) is 20.4. The van der Waals surface area contributed by atoms with Gasteiger partial charge in [0.15, 0.2) is 11.2 Å². The van der Waals surface area contributed by atoms with Crippen LogP contribution in [0, 0.1) is 6.92 Å². The first-order valence-corrected chi connectivity index (χ1v) is 13.3. The lowest BCUT2D eigenvalue weighted by molar-refractivity contribution is -0.0375. The summed E-state index contributed by atoms with van der Waals surface area (Å²) in [7, 11) is -4.57. The summed E-state index contributed by atoms with van der Waals surface area (Å²) in [6.07, 6.45) is 2.21. The van der Waals surface area contributed by atoms with Gasteiger partial charge in [-0.15, -0.1) is 0 Å². The van der Waals surface area contributed by atoms with Gasteiger partial charge in [0.2, 0.25) is 0 Å². The molecule has 3 aromatic heterocycles. The first-order chi connectivity index (χ1) is 18.6. The molecule has 6 atom stereocenters. The summed E-state index contributed by atoms with van der Waals surface area (Å²) in [5, 5.41) is 3.64. The molecule has 0 radical (unpaired) electrons. The number of fused-ring (bicyclic) bond motifs is 1. The van der Waals surface area contributed by atoms with E-state index in [0.717, 1.165) is 4.57 Å². The molecule has 0 saturated carbocycles. The second-order valence-corrected chi connectivity index (χ2v) is 10.5. The van der Waals surface area contributed by atoms with Crippen molar-refractivity contribution in [3.63, 3.8) is 0 Å². The maximum absolute atomic E-state index is 12.5. The predicted molar refractivity (Wildman–Crippen MR) is 131 cm³/mol. The standard InChI is InChI=1S/C20H24N9O9P/c1-10-5-28(20(32)25-18(10)30)15-4-12(26-27-21)13(38-15)7-36-39(33,34)35-6-11-2-3-14(37-11)29-9-24-16-17(29)22-8-23-19(16)31/h5,8-9,11-15H,2-4,6-7H2,1H3,(H,33,34)(H,22,23,31)(H,25,30,32). The monoisotopic (exact) mass is 565 g/mol. The average Bonchev–Trinajstić information content (AvgIpc) is 3.63. The molecule has 2 saturated heterocycles. The SMILES string of the molecule is Cc1cn(C2CC(N=[N+]=[N-])C(COP(=O)(O)OCC3CCC(n4cnc5c(=O)[nH]cnc54)O3)O2)c(=O)[nH]c1=O. The molecule has 39 heavy (non-hydrogen) atoms. The van der Waals surface area contributed by atoms with Crippen molar-refractivity contribution in [1.29, 1.82) is 0 Å². The number of hydrogen-bond donors (Lipinski definition) is 3. The van der Waals surface area contributed by atoms with Crippen LogP contribution in [0.25, 0.3) is 21.6 Å². The lowest BCUT2D eigenvalue weighted by atomic mass is 10.1. The van der Waals surface area contributed by atoms with Crippen LogP contribution in [0.1, 0.15) is 37.3 Å². The van der Waals surface area contributed by atoms with Crippen molar-refractivity contribution >= 4 is 19.0 Å². The van der Waals surface area contributed by atoms with E-state index in [0.29, 0.717) is 18.5 Å². The fourth-order valence-corrected chi connectivity index (χ4v) is 5.26. The van der Waals surface area contributed by atoms with Gasteiger partial charge in [0.25, 0.3) is 11.1 Å². The molecule has 0 amide bonds. The minimum atomic E-state index is -4.57. The summed E-state index contributed by atoms with van der Waals surface area (Å²) < 4.78 is 37.2. The number of phosphoric ester groups is 1. The van der Waals surface area contributed by atoms with Gasteiger partial charge in [-0.25, -0.2) is 19.3 Å². The minimum absolute atomic E-state index is 0.0705. The molecule has 3 N–H and O–H groups in total. The number of rotatable bonds is 9. The molecular formula is C20H24N9O9P. The third-order valence-electron chi connectivity index (χ3n) is 6.45. The van der Waals surface area contributed by atoms with E-state index >= 15 is 0 Å². The summed E-state index contributed by atoms with van der Waals surface area (Å²) in [5.74, 6) is 0. The van der Waals surface area contributed by atoms with Crippen molar-refractivity contribution in [3.8, 4) is 0 Å². The van der Waals surface area contributed by atoms with Crippen LogP contribution in [0.3, 0.4) is 0 Å². The number of aryl methyl sites for hydroxylation is 1. The molecular weight excluding hydrogens is 541 g/mol. The normalized spacial score (nSPS) is 26.5. The molecule has 6 unspecified atom stereocenters. The van der Waals surface area contributed by atoms with Gasteiger partial charge < -0.3 is 19.4 Å². The van der Waals surface area contributed by atoms with E-state index in [1.807, 2.05) is 0 Å². The van der Waals surface area contributed by atoms with E-state index in [1.54, 1.807) is 4.57 Å². The van der Waals surface area contributed by atoms with E-state index in [-0.39, 0.29) is 29.7 Å². The lowest BCUT2D eigenvalue weighted by Gasteiger charge is -2.20. The molecule has 2 aliphatic heterocycles. The molecule has 5 heterocycles. The third kappa shape index (κ3) is 5.72. The topological polar surface area (TPSA) is 241 Å². The van der Waals surface area contributed by atoms with Gasteiger partial charge in [0.05, 0.1) is 44.1 Å². The number of imidazole rings is 1. The number of nitrogens with one attached hydrogen (secondary N) is 2. The molecule has 2 fully saturated rings. The van der Waals surface area contributed by atoms with Crippen molar-refractivity contribution in [2.45, 2.75) is 56.9 Å². The predicted octanol–water partition coefficient (Wildman–Crippen LogP) is 0.756. The van der Waals surface area contributed by atoms with Gasteiger partial charge in [-0.2, -0.15) is 0 Å². The van der Waals surface area contributed by atoms with Gasteiger partial charge in [0, 0.05) is 23.1 Å². The molecule has 3 aromatic rings. The molecule has 2 aliphatic rings. The largest absolute Gasteiger partial charge is 0.472 e. The quantitative estimate of drug-likeness (QED) is 0.141. The Bertz CT molecular complexity index is 1640. The van der Waals surface area contributed by atoms with E-state index in [1.165, 1.54) is 25.8 Å². The fraction of sp³-hybridized carbons (Fsp3) is 0.550. The Morgan fingerprint density at radius 1 is 1.18 bits per heavy atom. The molecule has 0 spiro atoms. The number of phosphoric acid groups is 1. The van der Waals surface area contributed by atoms with E-state index < -0.39 is 56.4 Å². The van der Waals surface area contributed by atoms with Crippen molar-refractivity contribution in [2.24, 2.45) is 5.11 Å². The maximum atomic E-state index is 12.5. The highest BCUT2D eigenvalue weighted by Crippen LogP contribution is 2.45. The first-order valence-electron chi connectivity index (χ1n) is 11.8. The fourth-order valence-electron chi connectivity index (χ4n) is 4.49. The van der Waals surface area contributed by atoms with Crippen LogP contribution in [-0.2, 0) is 23.1 Å². The highest BCUT2D eigenvalue weighted by molar-refractivity contribution is 7.47. The Morgan fingerprint density at radius 3 is 2.77 bits per heavy atom. The van der Waals surface area contributed by atoms with Crippen LogP contribution in [0.5, 0.6) is 0 Å². The average molecular weight is 565 g/mol. The molecule has 18 nitrogen and oxygen atoms in total. The van der Waals surface area contributed by atoms with Gasteiger partial charge >= 0.3 is 13.5 Å². The van der Waals surface area contributed by atoms with E-state index in [9.17, 15) is 23.8 Å². The minimum Gasteiger partial charge on any atom is -0.352 e. The summed E-state index contributed by atoms with van der Waals surface area (Å²) in [6, 6.07) is -0.816. The lowest BCUT2D eigenvalue weighted by Crippen LogP contribution is -2.33. The Kier molecular flexibility index (Phi) is 7.51. The van der Waals surface area contributed by atoms with Gasteiger partial charge in [0.1, 0.15) is 12.5 Å². The Morgan fingerprint density at radius 2 is 1.97 bits per heavy atom. The van der Waals surface area contributed by atoms with Gasteiger partial charge in [-0.05, 0) is 25.3 Å². The van der Waals surface area contributed by atoms with E-state index in [4.69, 9.17) is 24.1 Å². The number of H-pyrrole nitrogens is 2. The van der Waals surface area contributed by atoms with Crippen molar-refractivity contribution in [3.05, 3.63) is 66.0 Å². The molecule has 19 heteroatoms. The number of nitrogens with zero attached hydrogens (tertiary/aromatic N) is 7. The highest BCUT2D eigenvalue weighted by Gasteiger charge is 2.39. The van der Waals surface area contributed by atoms with Crippen LogP contribution in [-0.4, -0.2) is 65.4 Å². The second-order valence-electron chi connectivity index (χ2n) is 9.02. The molecule has 0 aromatic carbocycles. The molecule has 208 valence electrons. The second kappa shape index (κ2) is 10.9. The number of azide groups is 1. The Balaban J connectivity index is 1.17. The zero-order chi connectivity index (χ0) is 27.7. The van der Waals surface area contributed by atoms with Crippen LogP contribution in [0.4, 0.5) is 0 Å². The van der Waals surface area contributed by atoms with Gasteiger partial charge in [-0.3, -0.25) is 32.8 Å². The third-order valence-corrected chi connectivity index (χ3v) is 7.40. The maximum Gasteiger partial charge on any atom is 0.472 e. The number of ether oxygens (including phenoxy) is 2. The van der Waals surface area contributed by atoms with Crippen LogP contribution in [0.2, 0.25) is 0 Å². The summed E-state index contributed by atoms with van der Waals surface area (Å²) in [5.41, 5.74) is 8.07. The molecule has 0 bridgehead atoms. The Labute approximate surface area is 217 Å². The summed E-state index contributed by atoms with van der Waals surface area (Å²) in [6.45, 7) is 0.784. The van der Waals surface area contributed by atoms with Crippen molar-refractivity contribution in [2.75, 3.05) is 13.2 Å². The zero-order valence-corrected chi connectivity index (χ0v) is 21.3. The summed E-state index contributed by atoms with van der Waals surface area (Å²) in [4.78, 5) is 61.5. The smallest absolute Gasteiger partial charge is 0.352 e. The van der Waals surface area contributed by atoms with Crippen LogP contribution >= 0.6 is 7.82 Å². The number of aromatic nitrogens is 6. The van der Waals surface area contributed by atoms with Gasteiger partial charge in [-0.1, -0.05) is 5.11 Å². The van der Waals surface area contributed by atoms with Crippen molar-refractivity contribution < 1.29 is 28.0 Å².